The fourth-order valence-corrected chi connectivity index (χ4v) is 1.70. The summed E-state index contributed by atoms with van der Waals surface area (Å²) in [6, 6.07) is 0. The van der Waals surface area contributed by atoms with Gasteiger partial charge < -0.3 is 0 Å². The molecular weight excluding hydrogens is 114 g/mol. The van der Waals surface area contributed by atoms with Crippen LogP contribution in [0.3, 0.4) is 0 Å². The lowest BCUT2D eigenvalue weighted by molar-refractivity contribution is 0.326. The molecule has 2 aliphatic rings. The summed E-state index contributed by atoms with van der Waals surface area (Å²) in [6.07, 6.45) is 3.82. The van der Waals surface area contributed by atoms with Crippen molar-refractivity contribution < 1.29 is 0 Å². The molecule has 1 unspecified atom stereocenters. The summed E-state index contributed by atoms with van der Waals surface area (Å²) in [5.41, 5.74) is 6.69. The van der Waals surface area contributed by atoms with Crippen molar-refractivity contribution >= 4 is 0 Å². The lowest BCUT2D eigenvalue weighted by atomic mass is 10.1. The van der Waals surface area contributed by atoms with Crippen molar-refractivity contribution in [3.05, 3.63) is 0 Å². The first-order valence-electron chi connectivity index (χ1n) is 3.66. The van der Waals surface area contributed by atoms with E-state index in [9.17, 15) is 0 Å². The first-order valence-corrected chi connectivity index (χ1v) is 3.66. The standard InChI is InChI=1S/C6H13N3/c1-2-6(7-4-1)3-5-8-9-6/h7-9H,1-5H2. The van der Waals surface area contributed by atoms with E-state index in [0.717, 1.165) is 6.54 Å². The van der Waals surface area contributed by atoms with E-state index in [-0.39, 0.29) is 5.66 Å². The summed E-state index contributed by atoms with van der Waals surface area (Å²) in [5, 5.41) is 3.46. The van der Waals surface area contributed by atoms with E-state index in [1.807, 2.05) is 0 Å². The fraction of sp³-hybridized carbons (Fsp3) is 1.00. The molecule has 0 aliphatic carbocycles. The Balaban J connectivity index is 2.04. The molecule has 3 heteroatoms. The highest BCUT2D eigenvalue weighted by molar-refractivity contribution is 4.92. The number of hydrogen-bond acceptors (Lipinski definition) is 3. The van der Waals surface area contributed by atoms with Gasteiger partial charge in [-0.05, 0) is 25.8 Å². The Hall–Kier alpha value is -0.120. The number of hydrogen-bond donors (Lipinski definition) is 3. The predicted molar refractivity (Wildman–Crippen MR) is 35.7 cm³/mol. The number of hydrazine groups is 1. The predicted octanol–water partition coefficient (Wildman–Crippen LogP) is -0.436. The molecule has 9 heavy (non-hydrogen) atoms. The molecule has 2 fully saturated rings. The molecule has 52 valence electrons. The van der Waals surface area contributed by atoms with E-state index in [1.165, 1.54) is 25.8 Å². The van der Waals surface area contributed by atoms with E-state index in [0.29, 0.717) is 0 Å². The van der Waals surface area contributed by atoms with Gasteiger partial charge in [0.05, 0.1) is 5.66 Å². The SMILES string of the molecule is C1CNC2(C1)CCNN2. The van der Waals surface area contributed by atoms with Gasteiger partial charge in [0, 0.05) is 6.54 Å². The molecule has 0 bridgehead atoms. The van der Waals surface area contributed by atoms with Crippen LogP contribution in [0.2, 0.25) is 0 Å². The maximum atomic E-state index is 3.46. The van der Waals surface area contributed by atoms with Gasteiger partial charge in [-0.2, -0.15) is 0 Å². The lowest BCUT2D eigenvalue weighted by Crippen LogP contribution is -2.51. The largest absolute Gasteiger partial charge is 0.298 e. The zero-order valence-electron chi connectivity index (χ0n) is 5.54. The average molecular weight is 127 g/mol. The minimum Gasteiger partial charge on any atom is -0.298 e. The van der Waals surface area contributed by atoms with Gasteiger partial charge in [0.15, 0.2) is 0 Å². The van der Waals surface area contributed by atoms with Crippen molar-refractivity contribution in [3.63, 3.8) is 0 Å². The van der Waals surface area contributed by atoms with Gasteiger partial charge in [-0.3, -0.25) is 10.7 Å². The molecule has 1 atom stereocenters. The van der Waals surface area contributed by atoms with Gasteiger partial charge >= 0.3 is 0 Å². The second-order valence-electron chi connectivity index (χ2n) is 2.91. The molecule has 2 rings (SSSR count). The number of nitrogens with one attached hydrogen (secondary N) is 3. The van der Waals surface area contributed by atoms with Crippen molar-refractivity contribution in [1.82, 2.24) is 16.2 Å². The van der Waals surface area contributed by atoms with E-state index < -0.39 is 0 Å². The van der Waals surface area contributed by atoms with Crippen molar-refractivity contribution in [2.75, 3.05) is 13.1 Å². The van der Waals surface area contributed by atoms with Crippen LogP contribution in [0.4, 0.5) is 0 Å². The first-order chi connectivity index (χ1) is 4.41. The van der Waals surface area contributed by atoms with Crippen molar-refractivity contribution in [3.8, 4) is 0 Å². The Labute approximate surface area is 55.2 Å². The van der Waals surface area contributed by atoms with E-state index in [2.05, 4.69) is 16.2 Å². The zero-order valence-corrected chi connectivity index (χ0v) is 5.54. The summed E-state index contributed by atoms with van der Waals surface area (Å²) < 4.78 is 0. The molecule has 3 nitrogen and oxygen atoms in total. The van der Waals surface area contributed by atoms with E-state index in [1.54, 1.807) is 0 Å². The van der Waals surface area contributed by atoms with Crippen LogP contribution in [0.25, 0.3) is 0 Å². The second-order valence-corrected chi connectivity index (χ2v) is 2.91. The highest BCUT2D eigenvalue weighted by Gasteiger charge is 2.35. The van der Waals surface area contributed by atoms with Gasteiger partial charge in [0.1, 0.15) is 0 Å². The van der Waals surface area contributed by atoms with E-state index >= 15 is 0 Å². The molecule has 2 saturated heterocycles. The monoisotopic (exact) mass is 127 g/mol. The Kier molecular flexibility index (Phi) is 1.22. The Morgan fingerprint density at radius 1 is 1.11 bits per heavy atom. The van der Waals surface area contributed by atoms with Crippen LogP contribution in [0, 0.1) is 0 Å². The summed E-state index contributed by atoms with van der Waals surface area (Å²) in [6.45, 7) is 2.28. The van der Waals surface area contributed by atoms with Crippen LogP contribution in [0.1, 0.15) is 19.3 Å². The highest BCUT2D eigenvalue weighted by Crippen LogP contribution is 2.21. The third kappa shape index (κ3) is 0.852. The summed E-state index contributed by atoms with van der Waals surface area (Å²) in [7, 11) is 0. The highest BCUT2D eigenvalue weighted by atomic mass is 15.5. The molecule has 0 saturated carbocycles. The van der Waals surface area contributed by atoms with Crippen LogP contribution in [0.15, 0.2) is 0 Å². The van der Waals surface area contributed by atoms with Crippen LogP contribution in [-0.2, 0) is 0 Å². The van der Waals surface area contributed by atoms with Crippen molar-refractivity contribution in [2.24, 2.45) is 0 Å². The molecule has 0 radical (unpaired) electrons. The minimum atomic E-state index is 0.278. The molecule has 0 amide bonds. The summed E-state index contributed by atoms with van der Waals surface area (Å²) in [5.74, 6) is 0. The third-order valence-electron chi connectivity index (χ3n) is 2.25. The topological polar surface area (TPSA) is 36.1 Å². The summed E-state index contributed by atoms with van der Waals surface area (Å²) in [4.78, 5) is 0. The minimum absolute atomic E-state index is 0.278. The van der Waals surface area contributed by atoms with Crippen molar-refractivity contribution in [1.29, 1.82) is 0 Å². The Morgan fingerprint density at radius 2 is 2.11 bits per heavy atom. The number of rotatable bonds is 0. The van der Waals surface area contributed by atoms with E-state index in [4.69, 9.17) is 0 Å². The van der Waals surface area contributed by atoms with Gasteiger partial charge in [-0.1, -0.05) is 0 Å². The normalized spacial score (nSPS) is 42.7. The molecule has 2 heterocycles. The van der Waals surface area contributed by atoms with Gasteiger partial charge in [-0.15, -0.1) is 0 Å². The fourth-order valence-electron chi connectivity index (χ4n) is 1.70. The average Bonchev–Trinajstić information content (AvgIpc) is 2.45. The Morgan fingerprint density at radius 3 is 2.67 bits per heavy atom. The Bertz CT molecular complexity index is 83.4. The molecule has 0 aromatic heterocycles. The van der Waals surface area contributed by atoms with Crippen LogP contribution < -0.4 is 16.2 Å². The van der Waals surface area contributed by atoms with Crippen molar-refractivity contribution in [2.45, 2.75) is 24.9 Å². The van der Waals surface area contributed by atoms with Gasteiger partial charge in [-0.25, -0.2) is 5.43 Å². The third-order valence-corrected chi connectivity index (χ3v) is 2.25. The molecule has 0 aromatic rings. The van der Waals surface area contributed by atoms with Gasteiger partial charge in [0.25, 0.3) is 0 Å². The van der Waals surface area contributed by atoms with Gasteiger partial charge in [0.2, 0.25) is 0 Å². The second kappa shape index (κ2) is 1.94. The van der Waals surface area contributed by atoms with Crippen LogP contribution >= 0.6 is 0 Å². The maximum absolute atomic E-state index is 3.46. The maximum Gasteiger partial charge on any atom is 0.0830 e. The molecule has 2 aliphatic heterocycles. The first kappa shape index (κ1) is 5.65. The van der Waals surface area contributed by atoms with Crippen LogP contribution in [-0.4, -0.2) is 18.8 Å². The quantitative estimate of drug-likeness (QED) is 0.413. The lowest BCUT2D eigenvalue weighted by Gasteiger charge is -2.22. The molecule has 1 spiro atoms. The molecule has 3 N–H and O–H groups in total. The zero-order chi connectivity index (χ0) is 6.16. The molecule has 0 aromatic carbocycles. The van der Waals surface area contributed by atoms with Crippen LogP contribution in [0.5, 0.6) is 0 Å². The summed E-state index contributed by atoms with van der Waals surface area (Å²) >= 11 is 0. The molecular formula is C6H13N3. The smallest absolute Gasteiger partial charge is 0.0830 e.